The largest absolute Gasteiger partial charge is 0.352 e. The first-order valence-electron chi connectivity index (χ1n) is 11.3. The topological polar surface area (TPSA) is 90.0 Å². The third-order valence-corrected chi connectivity index (χ3v) is 6.29. The SMILES string of the molecule is CC(NC(=O)N1CCN(c2ncnc3[nH]c(-c4ccncc4)cc23)C[C@@H]1C)c1ccc(F)cc1. The van der Waals surface area contributed by atoms with Crippen LogP contribution in [0.5, 0.6) is 0 Å². The number of hydrogen-bond acceptors (Lipinski definition) is 5. The Labute approximate surface area is 196 Å². The Morgan fingerprint density at radius 3 is 2.65 bits per heavy atom. The van der Waals surface area contributed by atoms with E-state index < -0.39 is 0 Å². The summed E-state index contributed by atoms with van der Waals surface area (Å²) in [6.45, 7) is 5.81. The lowest BCUT2D eigenvalue weighted by atomic mass is 10.1. The standard InChI is InChI=1S/C25H26FN7O/c1-16-14-32(11-12-33(16)25(34)30-17(2)18-3-5-20(26)6-4-18)24-21-13-22(19-7-9-27-10-8-19)31-23(21)28-15-29-24/h3-10,13,15-17H,11-12,14H2,1-2H3,(H,30,34)(H,28,29,31)/t16-,17?/m0/s1. The van der Waals surface area contributed by atoms with Crippen molar-refractivity contribution in [2.24, 2.45) is 0 Å². The van der Waals surface area contributed by atoms with Gasteiger partial charge in [-0.15, -0.1) is 0 Å². The summed E-state index contributed by atoms with van der Waals surface area (Å²) < 4.78 is 13.2. The minimum atomic E-state index is -0.291. The second kappa shape index (κ2) is 9.09. The van der Waals surface area contributed by atoms with Crippen molar-refractivity contribution in [3.8, 4) is 11.3 Å². The van der Waals surface area contributed by atoms with Crippen molar-refractivity contribution in [2.75, 3.05) is 24.5 Å². The zero-order valence-electron chi connectivity index (χ0n) is 19.1. The number of benzene rings is 1. The van der Waals surface area contributed by atoms with Crippen molar-refractivity contribution in [1.29, 1.82) is 0 Å². The molecule has 1 aliphatic rings. The molecule has 1 unspecified atom stereocenters. The summed E-state index contributed by atoms with van der Waals surface area (Å²) in [5, 5.41) is 3.98. The molecule has 4 aromatic rings. The van der Waals surface area contributed by atoms with Gasteiger partial charge in [0.2, 0.25) is 0 Å². The Morgan fingerprint density at radius 1 is 1.15 bits per heavy atom. The van der Waals surface area contributed by atoms with Gasteiger partial charge < -0.3 is 20.1 Å². The summed E-state index contributed by atoms with van der Waals surface area (Å²) in [6.07, 6.45) is 5.09. The van der Waals surface area contributed by atoms with Crippen molar-refractivity contribution >= 4 is 22.9 Å². The number of aromatic nitrogens is 4. The number of nitrogens with one attached hydrogen (secondary N) is 2. The summed E-state index contributed by atoms with van der Waals surface area (Å²) in [5.41, 5.74) is 3.63. The number of rotatable bonds is 4. The number of nitrogens with zero attached hydrogens (tertiary/aromatic N) is 5. The van der Waals surface area contributed by atoms with Gasteiger partial charge in [0.15, 0.2) is 0 Å². The van der Waals surface area contributed by atoms with Crippen LogP contribution in [0.4, 0.5) is 15.0 Å². The first-order chi connectivity index (χ1) is 16.5. The molecule has 1 saturated heterocycles. The quantitative estimate of drug-likeness (QED) is 0.479. The molecule has 34 heavy (non-hydrogen) atoms. The lowest BCUT2D eigenvalue weighted by Crippen LogP contribution is -2.57. The van der Waals surface area contributed by atoms with Crippen LogP contribution in [0.15, 0.2) is 61.2 Å². The van der Waals surface area contributed by atoms with Gasteiger partial charge in [-0.1, -0.05) is 12.1 Å². The average Bonchev–Trinajstić information content (AvgIpc) is 3.29. The first kappa shape index (κ1) is 21.8. The molecule has 0 radical (unpaired) electrons. The highest BCUT2D eigenvalue weighted by Gasteiger charge is 2.30. The molecule has 2 N–H and O–H groups in total. The van der Waals surface area contributed by atoms with Crippen LogP contribution in [0.2, 0.25) is 0 Å². The van der Waals surface area contributed by atoms with E-state index >= 15 is 0 Å². The van der Waals surface area contributed by atoms with Crippen LogP contribution in [-0.4, -0.2) is 56.5 Å². The molecular formula is C25H26FN7O. The zero-order chi connectivity index (χ0) is 23.7. The maximum absolute atomic E-state index is 13.2. The molecular weight excluding hydrogens is 433 g/mol. The summed E-state index contributed by atoms with van der Waals surface area (Å²) in [4.78, 5) is 33.4. The Kier molecular flexibility index (Phi) is 5.83. The van der Waals surface area contributed by atoms with Gasteiger partial charge in [-0.25, -0.2) is 19.2 Å². The summed E-state index contributed by atoms with van der Waals surface area (Å²) >= 11 is 0. The maximum Gasteiger partial charge on any atom is 0.318 e. The lowest BCUT2D eigenvalue weighted by molar-refractivity contribution is 0.168. The number of piperazine rings is 1. The van der Waals surface area contributed by atoms with E-state index in [0.29, 0.717) is 19.6 Å². The number of hydrogen-bond donors (Lipinski definition) is 2. The number of aromatic amines is 1. The number of anilines is 1. The lowest BCUT2D eigenvalue weighted by Gasteiger charge is -2.40. The van der Waals surface area contributed by atoms with E-state index in [4.69, 9.17) is 0 Å². The molecule has 1 fully saturated rings. The van der Waals surface area contributed by atoms with Crippen molar-refractivity contribution < 1.29 is 9.18 Å². The van der Waals surface area contributed by atoms with Gasteiger partial charge in [0, 0.05) is 49.3 Å². The van der Waals surface area contributed by atoms with Crippen molar-refractivity contribution in [2.45, 2.75) is 25.9 Å². The number of amides is 2. The average molecular weight is 460 g/mol. The molecule has 0 saturated carbocycles. The molecule has 5 rings (SSSR count). The van der Waals surface area contributed by atoms with E-state index in [1.54, 1.807) is 30.9 Å². The van der Waals surface area contributed by atoms with Crippen LogP contribution >= 0.6 is 0 Å². The summed E-state index contributed by atoms with van der Waals surface area (Å²) in [7, 11) is 0. The Bertz CT molecular complexity index is 1290. The third-order valence-electron chi connectivity index (χ3n) is 6.29. The molecule has 1 aromatic carbocycles. The smallest absolute Gasteiger partial charge is 0.318 e. The van der Waals surface area contributed by atoms with Crippen LogP contribution in [-0.2, 0) is 0 Å². The molecule has 4 heterocycles. The minimum Gasteiger partial charge on any atom is -0.352 e. The van der Waals surface area contributed by atoms with E-state index in [1.807, 2.05) is 30.9 Å². The van der Waals surface area contributed by atoms with Gasteiger partial charge in [-0.2, -0.15) is 0 Å². The number of urea groups is 1. The molecule has 0 spiro atoms. The molecule has 0 bridgehead atoms. The maximum atomic E-state index is 13.2. The van der Waals surface area contributed by atoms with Crippen molar-refractivity contribution in [3.05, 3.63) is 72.6 Å². The van der Waals surface area contributed by atoms with Crippen LogP contribution in [0, 0.1) is 5.82 Å². The summed E-state index contributed by atoms with van der Waals surface area (Å²) in [6, 6.07) is 11.8. The van der Waals surface area contributed by atoms with Gasteiger partial charge >= 0.3 is 6.03 Å². The van der Waals surface area contributed by atoms with Crippen LogP contribution in [0.3, 0.4) is 0 Å². The van der Waals surface area contributed by atoms with Gasteiger partial charge in [-0.05, 0) is 49.7 Å². The van der Waals surface area contributed by atoms with E-state index in [2.05, 4.69) is 36.2 Å². The number of halogens is 1. The Hall–Kier alpha value is -4.01. The van der Waals surface area contributed by atoms with E-state index in [0.717, 1.165) is 33.7 Å². The van der Waals surface area contributed by atoms with E-state index in [1.165, 1.54) is 12.1 Å². The molecule has 2 amide bonds. The highest BCUT2D eigenvalue weighted by Crippen LogP contribution is 2.29. The predicted octanol–water partition coefficient (Wildman–Crippen LogP) is 4.14. The fourth-order valence-electron chi connectivity index (χ4n) is 4.42. The highest BCUT2D eigenvalue weighted by molar-refractivity contribution is 5.92. The highest BCUT2D eigenvalue weighted by atomic mass is 19.1. The fourth-order valence-corrected chi connectivity index (χ4v) is 4.42. The number of H-pyrrole nitrogens is 1. The first-order valence-corrected chi connectivity index (χ1v) is 11.3. The van der Waals surface area contributed by atoms with Crippen LogP contribution in [0.1, 0.15) is 25.5 Å². The number of carbonyl (C=O) groups is 1. The molecule has 174 valence electrons. The van der Waals surface area contributed by atoms with Gasteiger partial charge in [0.05, 0.1) is 11.4 Å². The summed E-state index contributed by atoms with van der Waals surface area (Å²) in [5.74, 6) is 0.564. The Balaban J connectivity index is 1.29. The second-order valence-corrected chi connectivity index (χ2v) is 8.59. The predicted molar refractivity (Wildman–Crippen MR) is 129 cm³/mol. The number of fused-ring (bicyclic) bond motifs is 1. The van der Waals surface area contributed by atoms with Crippen molar-refractivity contribution in [3.63, 3.8) is 0 Å². The van der Waals surface area contributed by atoms with E-state index in [9.17, 15) is 9.18 Å². The van der Waals surface area contributed by atoms with E-state index in [-0.39, 0.29) is 23.9 Å². The van der Waals surface area contributed by atoms with Crippen LogP contribution in [0.25, 0.3) is 22.3 Å². The molecule has 2 atom stereocenters. The molecule has 3 aromatic heterocycles. The van der Waals surface area contributed by atoms with Gasteiger partial charge in [0.25, 0.3) is 0 Å². The van der Waals surface area contributed by atoms with Gasteiger partial charge in [0.1, 0.15) is 23.6 Å². The monoisotopic (exact) mass is 459 g/mol. The minimum absolute atomic E-state index is 0.0159. The van der Waals surface area contributed by atoms with Crippen molar-refractivity contribution in [1.82, 2.24) is 30.2 Å². The third kappa shape index (κ3) is 4.28. The molecule has 8 nitrogen and oxygen atoms in total. The molecule has 9 heteroatoms. The Morgan fingerprint density at radius 2 is 1.91 bits per heavy atom. The van der Waals surface area contributed by atoms with Crippen LogP contribution < -0.4 is 10.2 Å². The number of pyridine rings is 1. The van der Waals surface area contributed by atoms with Gasteiger partial charge in [-0.3, -0.25) is 4.98 Å². The zero-order valence-corrected chi connectivity index (χ0v) is 19.1. The second-order valence-electron chi connectivity index (χ2n) is 8.59. The fraction of sp³-hybridized carbons (Fsp3) is 0.280. The normalized spacial score (nSPS) is 17.1. The molecule has 1 aliphatic heterocycles. The number of carbonyl (C=O) groups excluding carboxylic acids is 1. The molecule has 0 aliphatic carbocycles.